The summed E-state index contributed by atoms with van der Waals surface area (Å²) in [6, 6.07) is 0. The largest absolute Gasteiger partial charge is 0.472 e. The minimum atomic E-state index is -4.95. The van der Waals surface area contributed by atoms with Crippen LogP contribution < -0.4 is 0 Å². The molecule has 5 atom stereocenters. The molecule has 0 saturated carbocycles. The molecule has 0 aliphatic carbocycles. The molecule has 0 aliphatic heterocycles. The highest BCUT2D eigenvalue weighted by Crippen LogP contribution is 2.45. The van der Waals surface area contributed by atoms with Gasteiger partial charge in [-0.05, 0) is 49.4 Å². The number of esters is 4. The van der Waals surface area contributed by atoms with Crippen molar-refractivity contribution in [2.45, 2.75) is 382 Å². The van der Waals surface area contributed by atoms with Gasteiger partial charge in [-0.15, -0.1) is 0 Å². The van der Waals surface area contributed by atoms with Crippen LogP contribution in [0.25, 0.3) is 0 Å². The summed E-state index contributed by atoms with van der Waals surface area (Å²) >= 11 is 0. The van der Waals surface area contributed by atoms with Crippen molar-refractivity contribution in [1.82, 2.24) is 0 Å². The minimum Gasteiger partial charge on any atom is -0.462 e. The predicted octanol–water partition coefficient (Wildman–Crippen LogP) is 20.9. The van der Waals surface area contributed by atoms with Gasteiger partial charge in [-0.25, -0.2) is 9.13 Å². The van der Waals surface area contributed by atoms with E-state index in [1.807, 2.05) is 0 Å². The number of carbonyl (C=O) groups excluding carboxylic acids is 4. The number of ether oxygens (including phenoxy) is 4. The Labute approximate surface area is 562 Å². The summed E-state index contributed by atoms with van der Waals surface area (Å²) in [5, 5.41) is 10.6. The Morgan fingerprint density at radius 2 is 0.457 bits per heavy atom. The lowest BCUT2D eigenvalue weighted by molar-refractivity contribution is -0.161. The normalized spacial score (nSPS) is 14.2. The molecular formula is C73H142O17P2. The second-order valence-electron chi connectivity index (χ2n) is 28.2. The first-order valence-electron chi connectivity index (χ1n) is 37.7. The van der Waals surface area contributed by atoms with Crippen LogP contribution in [-0.4, -0.2) is 96.7 Å². The maximum atomic E-state index is 13.0. The molecule has 19 heteroatoms. The first-order chi connectivity index (χ1) is 44.1. The van der Waals surface area contributed by atoms with Crippen LogP contribution in [0.4, 0.5) is 0 Å². The number of aliphatic hydroxyl groups excluding tert-OH is 1. The Hall–Kier alpha value is -1.94. The van der Waals surface area contributed by atoms with Gasteiger partial charge in [0, 0.05) is 25.7 Å². The van der Waals surface area contributed by atoms with Crippen molar-refractivity contribution in [1.29, 1.82) is 0 Å². The van der Waals surface area contributed by atoms with E-state index in [4.69, 9.17) is 37.0 Å². The molecule has 0 rings (SSSR count). The van der Waals surface area contributed by atoms with E-state index >= 15 is 0 Å². The van der Waals surface area contributed by atoms with Gasteiger partial charge in [0.05, 0.1) is 26.4 Å². The number of hydrogen-bond acceptors (Lipinski definition) is 15. The van der Waals surface area contributed by atoms with Gasteiger partial charge in [0.2, 0.25) is 0 Å². The Morgan fingerprint density at radius 3 is 0.674 bits per heavy atom. The number of unbranched alkanes of at least 4 members (excludes halogenated alkanes) is 36. The zero-order valence-corrected chi connectivity index (χ0v) is 62.0. The van der Waals surface area contributed by atoms with Crippen LogP contribution in [0.15, 0.2) is 0 Å². The molecule has 0 aromatic heterocycles. The van der Waals surface area contributed by atoms with Crippen LogP contribution in [-0.2, 0) is 65.4 Å². The van der Waals surface area contributed by atoms with Gasteiger partial charge in [-0.3, -0.25) is 37.3 Å². The summed E-state index contributed by atoms with van der Waals surface area (Å²) in [6.07, 6.45) is 45.9. The molecule has 3 N–H and O–H groups in total. The monoisotopic (exact) mass is 1350 g/mol. The zero-order chi connectivity index (χ0) is 68.2. The van der Waals surface area contributed by atoms with Crippen LogP contribution in [0, 0.1) is 23.7 Å². The van der Waals surface area contributed by atoms with Crippen LogP contribution in [0.1, 0.15) is 364 Å². The third kappa shape index (κ3) is 66.7. The lowest BCUT2D eigenvalue weighted by Crippen LogP contribution is -2.30. The van der Waals surface area contributed by atoms with Crippen LogP contribution >= 0.6 is 15.6 Å². The maximum absolute atomic E-state index is 13.0. The lowest BCUT2D eigenvalue weighted by Gasteiger charge is -2.21. The van der Waals surface area contributed by atoms with Crippen LogP contribution in [0.2, 0.25) is 0 Å². The molecule has 17 nitrogen and oxygen atoms in total. The van der Waals surface area contributed by atoms with Crippen molar-refractivity contribution in [2.24, 2.45) is 23.7 Å². The van der Waals surface area contributed by atoms with Gasteiger partial charge >= 0.3 is 39.5 Å². The van der Waals surface area contributed by atoms with Gasteiger partial charge < -0.3 is 33.8 Å². The quantitative estimate of drug-likeness (QED) is 0.0222. The first kappa shape index (κ1) is 90.1. The minimum absolute atomic E-state index is 0.105. The SMILES string of the molecule is CC(C)CCCCCCCCCCCCCCCC(=O)O[C@H](COC(=O)CCCCCCCCC(C)C)COP(=O)(O)OC[C@H](O)COP(=O)(O)OC[C@@H](COC(=O)CCCCCCCCCCCCCC(C)C)OC(=O)CCCCCCCCCCCCC(C)C. The Morgan fingerprint density at radius 1 is 0.272 bits per heavy atom. The van der Waals surface area contributed by atoms with E-state index in [0.717, 1.165) is 114 Å². The summed E-state index contributed by atoms with van der Waals surface area (Å²) in [6.45, 7) is 14.1. The Kier molecular flexibility index (Phi) is 61.3. The second-order valence-corrected chi connectivity index (χ2v) is 31.1. The number of phosphoric ester groups is 2. The summed E-state index contributed by atoms with van der Waals surface area (Å²) in [5.74, 6) is 0.863. The van der Waals surface area contributed by atoms with E-state index < -0.39 is 97.5 Å². The third-order valence-electron chi connectivity index (χ3n) is 16.8. The molecule has 0 amide bonds. The number of rotatable bonds is 70. The highest BCUT2D eigenvalue weighted by Gasteiger charge is 2.30. The molecule has 546 valence electrons. The van der Waals surface area contributed by atoms with E-state index in [9.17, 15) is 43.2 Å². The average molecular weight is 1350 g/mol. The topological polar surface area (TPSA) is 237 Å². The molecule has 0 aliphatic rings. The fraction of sp³-hybridized carbons (Fsp3) is 0.945. The van der Waals surface area contributed by atoms with Crippen molar-refractivity contribution in [3.05, 3.63) is 0 Å². The molecule has 0 saturated heterocycles. The number of aliphatic hydroxyl groups is 1. The Balaban J connectivity index is 5.24. The molecule has 0 radical (unpaired) electrons. The summed E-state index contributed by atoms with van der Waals surface area (Å²) in [4.78, 5) is 72.7. The molecule has 0 aromatic rings. The average Bonchev–Trinajstić information content (AvgIpc) is 3.52. The predicted molar refractivity (Wildman–Crippen MR) is 372 cm³/mol. The van der Waals surface area contributed by atoms with Crippen molar-refractivity contribution in [3.8, 4) is 0 Å². The van der Waals surface area contributed by atoms with E-state index in [-0.39, 0.29) is 25.7 Å². The van der Waals surface area contributed by atoms with Crippen LogP contribution in [0.3, 0.4) is 0 Å². The molecule has 0 spiro atoms. The van der Waals surface area contributed by atoms with Crippen molar-refractivity contribution in [3.63, 3.8) is 0 Å². The number of hydrogen-bond donors (Lipinski definition) is 3. The van der Waals surface area contributed by atoms with Gasteiger partial charge in [0.1, 0.15) is 19.3 Å². The van der Waals surface area contributed by atoms with Gasteiger partial charge in [0.15, 0.2) is 12.2 Å². The number of phosphoric acid groups is 2. The standard InChI is InChI=1S/C73H142O17P2/c1-63(2)49-41-33-25-19-13-10-9-11-15-23-29-39-47-55-72(77)90-69(60-84-71(76)54-46-38-32-31-36-44-52-66(7)8)62-88-92(81,82)86-58-67(74)57-85-91(79,80)87-61-68(89-73(78)56-48-40-30-24-18-17-21-27-35-43-51-65(5)6)59-83-70(75)53-45-37-28-22-16-12-14-20-26-34-42-50-64(3)4/h63-69,74H,9-62H2,1-8H3,(H,79,80)(H,81,82)/t67-,68-,69-/m1/s1. The highest BCUT2D eigenvalue weighted by molar-refractivity contribution is 7.47. The maximum Gasteiger partial charge on any atom is 0.472 e. The van der Waals surface area contributed by atoms with Crippen molar-refractivity contribution in [2.75, 3.05) is 39.6 Å². The fourth-order valence-electron chi connectivity index (χ4n) is 11.0. The Bertz CT molecular complexity index is 1820. The molecule has 0 bridgehead atoms. The molecule has 92 heavy (non-hydrogen) atoms. The fourth-order valence-corrected chi connectivity index (χ4v) is 12.6. The van der Waals surface area contributed by atoms with Crippen LogP contribution in [0.5, 0.6) is 0 Å². The summed E-state index contributed by atoms with van der Waals surface area (Å²) < 4.78 is 68.4. The summed E-state index contributed by atoms with van der Waals surface area (Å²) in [7, 11) is -9.91. The van der Waals surface area contributed by atoms with Gasteiger partial charge in [-0.2, -0.15) is 0 Å². The van der Waals surface area contributed by atoms with E-state index in [0.29, 0.717) is 31.6 Å². The van der Waals surface area contributed by atoms with E-state index in [1.54, 1.807) is 0 Å². The molecular weight excluding hydrogens is 1210 g/mol. The first-order valence-corrected chi connectivity index (χ1v) is 40.7. The van der Waals surface area contributed by atoms with Gasteiger partial charge in [-0.1, -0.05) is 312 Å². The molecule has 0 aromatic carbocycles. The third-order valence-corrected chi connectivity index (χ3v) is 18.7. The highest BCUT2D eigenvalue weighted by atomic mass is 31.2. The van der Waals surface area contributed by atoms with Gasteiger partial charge in [0.25, 0.3) is 0 Å². The van der Waals surface area contributed by atoms with Crippen molar-refractivity contribution >= 4 is 39.5 Å². The van der Waals surface area contributed by atoms with E-state index in [2.05, 4.69) is 55.4 Å². The lowest BCUT2D eigenvalue weighted by atomic mass is 10.0. The second kappa shape index (κ2) is 62.6. The molecule has 2 unspecified atom stereocenters. The zero-order valence-electron chi connectivity index (χ0n) is 60.2. The van der Waals surface area contributed by atoms with E-state index in [1.165, 1.54) is 161 Å². The molecule has 0 fully saturated rings. The number of carbonyl (C=O) groups is 4. The van der Waals surface area contributed by atoms with Crippen molar-refractivity contribution < 1.29 is 80.2 Å². The smallest absolute Gasteiger partial charge is 0.462 e. The summed E-state index contributed by atoms with van der Waals surface area (Å²) in [5.41, 5.74) is 0. The molecule has 0 heterocycles.